The zero-order chi connectivity index (χ0) is 20.7. The number of thiazole rings is 1. The lowest BCUT2D eigenvalue weighted by Gasteiger charge is -2.56. The van der Waals surface area contributed by atoms with Gasteiger partial charge in [-0.25, -0.2) is 4.98 Å². The van der Waals surface area contributed by atoms with Gasteiger partial charge in [0.1, 0.15) is 10.8 Å². The number of aliphatic hydroxyl groups excluding tert-OH is 1. The number of aryl methyl sites for hydroxylation is 1. The molecule has 1 aromatic carbocycles. The fourth-order valence-electron chi connectivity index (χ4n) is 7.62. The largest absolute Gasteiger partial charge is 0.507 e. The molecule has 6 atom stereocenters. The summed E-state index contributed by atoms with van der Waals surface area (Å²) < 4.78 is 0. The molecule has 2 fully saturated rings. The van der Waals surface area contributed by atoms with E-state index in [4.69, 9.17) is 4.98 Å². The van der Waals surface area contributed by atoms with Crippen LogP contribution in [-0.2, 0) is 6.42 Å². The van der Waals surface area contributed by atoms with Crippen molar-refractivity contribution in [3.05, 3.63) is 40.9 Å². The molecule has 0 spiro atoms. The van der Waals surface area contributed by atoms with E-state index in [-0.39, 0.29) is 16.9 Å². The standard InChI is InChI=1S/C26H31NO2S/c1-25-14-12-20-23(30-24(27-20)16-5-3-4-6-21(16)28)19(25)8-7-15-17-9-10-22(29)26(17,2)13-11-18(15)25/h3-6,8,15,17-18,22,28-29H,7,9-14H2,1-2H3/t15-,17-,18-,22?,25+,26-/m0/s1. The third kappa shape index (κ3) is 2.44. The lowest BCUT2D eigenvalue weighted by Crippen LogP contribution is -2.50. The van der Waals surface area contributed by atoms with Crippen LogP contribution in [0.1, 0.15) is 62.9 Å². The van der Waals surface area contributed by atoms with Crippen LogP contribution in [0.5, 0.6) is 5.75 Å². The first-order valence-corrected chi connectivity index (χ1v) is 12.4. The van der Waals surface area contributed by atoms with Gasteiger partial charge in [-0.05, 0) is 91.2 Å². The summed E-state index contributed by atoms with van der Waals surface area (Å²) in [6, 6.07) is 7.56. The topological polar surface area (TPSA) is 53.4 Å². The number of hydrogen-bond donors (Lipinski definition) is 2. The first-order chi connectivity index (χ1) is 14.4. The van der Waals surface area contributed by atoms with Gasteiger partial charge in [-0.3, -0.25) is 0 Å². The van der Waals surface area contributed by atoms with Crippen LogP contribution in [0, 0.1) is 28.6 Å². The van der Waals surface area contributed by atoms with Gasteiger partial charge in [0.25, 0.3) is 0 Å². The van der Waals surface area contributed by atoms with Gasteiger partial charge in [-0.1, -0.05) is 32.1 Å². The van der Waals surface area contributed by atoms with Crippen molar-refractivity contribution >= 4 is 16.9 Å². The molecular formula is C26H31NO2S. The molecule has 1 heterocycles. The van der Waals surface area contributed by atoms with Crippen LogP contribution < -0.4 is 0 Å². The highest BCUT2D eigenvalue weighted by Gasteiger charge is 2.58. The first kappa shape index (κ1) is 19.1. The second kappa shape index (κ2) is 6.43. The number of para-hydroxylation sites is 1. The maximum absolute atomic E-state index is 10.7. The van der Waals surface area contributed by atoms with E-state index in [1.165, 1.54) is 41.8 Å². The fourth-order valence-corrected chi connectivity index (χ4v) is 8.94. The van der Waals surface area contributed by atoms with Crippen molar-refractivity contribution in [3.8, 4) is 16.3 Å². The number of nitrogens with zero attached hydrogens (tertiary/aromatic N) is 1. The van der Waals surface area contributed by atoms with Crippen molar-refractivity contribution < 1.29 is 10.2 Å². The predicted molar refractivity (Wildman–Crippen MR) is 121 cm³/mol. The molecule has 4 aliphatic carbocycles. The number of aromatic hydroxyl groups is 1. The molecule has 6 rings (SSSR count). The van der Waals surface area contributed by atoms with Crippen LogP contribution in [0.25, 0.3) is 16.1 Å². The highest BCUT2D eigenvalue weighted by atomic mass is 32.1. The molecule has 3 nitrogen and oxygen atoms in total. The Bertz CT molecular complexity index is 1040. The van der Waals surface area contributed by atoms with Gasteiger partial charge in [0.15, 0.2) is 0 Å². The van der Waals surface area contributed by atoms with Crippen LogP contribution in [0.15, 0.2) is 30.3 Å². The summed E-state index contributed by atoms with van der Waals surface area (Å²) in [5.74, 6) is 2.41. The first-order valence-electron chi connectivity index (χ1n) is 11.6. The molecule has 0 radical (unpaired) electrons. The van der Waals surface area contributed by atoms with Crippen LogP contribution in [0.3, 0.4) is 0 Å². The molecule has 158 valence electrons. The average Bonchev–Trinajstić information content (AvgIpc) is 3.29. The Morgan fingerprint density at radius 2 is 1.90 bits per heavy atom. The van der Waals surface area contributed by atoms with Gasteiger partial charge in [-0.15, -0.1) is 11.3 Å². The van der Waals surface area contributed by atoms with E-state index in [0.717, 1.165) is 29.8 Å². The highest BCUT2D eigenvalue weighted by Crippen LogP contribution is 2.66. The van der Waals surface area contributed by atoms with E-state index in [1.54, 1.807) is 17.4 Å². The lowest BCUT2D eigenvalue weighted by atomic mass is 9.48. The second-order valence-electron chi connectivity index (χ2n) is 10.6. The average molecular weight is 422 g/mol. The molecule has 1 unspecified atom stereocenters. The zero-order valence-electron chi connectivity index (χ0n) is 17.9. The molecular weight excluding hydrogens is 390 g/mol. The minimum absolute atomic E-state index is 0.109. The predicted octanol–water partition coefficient (Wildman–Crippen LogP) is 6.06. The van der Waals surface area contributed by atoms with E-state index in [2.05, 4.69) is 19.9 Å². The van der Waals surface area contributed by atoms with E-state index in [0.29, 0.717) is 23.5 Å². The lowest BCUT2D eigenvalue weighted by molar-refractivity contribution is -0.0579. The number of phenolic OH excluding ortho intramolecular Hbond substituents is 1. The molecule has 0 saturated heterocycles. The van der Waals surface area contributed by atoms with Crippen LogP contribution in [0.2, 0.25) is 0 Å². The maximum atomic E-state index is 10.7. The second-order valence-corrected chi connectivity index (χ2v) is 11.6. The van der Waals surface area contributed by atoms with Crippen molar-refractivity contribution in [2.45, 2.75) is 64.9 Å². The Morgan fingerprint density at radius 1 is 1.07 bits per heavy atom. The van der Waals surface area contributed by atoms with E-state index in [1.807, 2.05) is 18.2 Å². The van der Waals surface area contributed by atoms with Gasteiger partial charge >= 0.3 is 0 Å². The van der Waals surface area contributed by atoms with Crippen molar-refractivity contribution in [2.24, 2.45) is 28.6 Å². The molecule has 0 bridgehead atoms. The number of aromatic nitrogens is 1. The number of phenols is 1. The number of hydrogen-bond acceptors (Lipinski definition) is 4. The molecule has 0 amide bonds. The van der Waals surface area contributed by atoms with Crippen molar-refractivity contribution in [3.63, 3.8) is 0 Å². The number of aliphatic hydroxyl groups is 1. The Morgan fingerprint density at radius 3 is 2.73 bits per heavy atom. The van der Waals surface area contributed by atoms with Gasteiger partial charge in [0, 0.05) is 0 Å². The Kier molecular flexibility index (Phi) is 4.09. The van der Waals surface area contributed by atoms with Gasteiger partial charge < -0.3 is 10.2 Å². The molecule has 30 heavy (non-hydrogen) atoms. The minimum atomic E-state index is -0.109. The molecule has 0 aliphatic heterocycles. The van der Waals surface area contributed by atoms with E-state index in [9.17, 15) is 10.2 Å². The summed E-state index contributed by atoms with van der Waals surface area (Å²) in [5.41, 5.74) is 3.93. The molecule has 4 aliphatic rings. The normalized spacial score (nSPS) is 39.5. The van der Waals surface area contributed by atoms with Crippen molar-refractivity contribution in [1.82, 2.24) is 4.98 Å². The van der Waals surface area contributed by atoms with Crippen molar-refractivity contribution in [1.29, 1.82) is 0 Å². The van der Waals surface area contributed by atoms with E-state index >= 15 is 0 Å². The van der Waals surface area contributed by atoms with Crippen molar-refractivity contribution in [2.75, 3.05) is 0 Å². The molecule has 4 heteroatoms. The molecule has 2 aromatic rings. The summed E-state index contributed by atoms with van der Waals surface area (Å²) in [4.78, 5) is 6.33. The van der Waals surface area contributed by atoms with Crippen LogP contribution in [0.4, 0.5) is 0 Å². The Balaban J connectivity index is 1.40. The number of fused-ring (bicyclic) bond motifs is 7. The summed E-state index contributed by atoms with van der Waals surface area (Å²) in [6.45, 7) is 4.86. The number of benzene rings is 1. The van der Waals surface area contributed by atoms with Gasteiger partial charge in [0.2, 0.25) is 0 Å². The summed E-state index contributed by atoms with van der Waals surface area (Å²) in [6.07, 6.45) is 10.4. The highest BCUT2D eigenvalue weighted by molar-refractivity contribution is 7.16. The molecule has 1 aromatic heterocycles. The third-order valence-electron chi connectivity index (χ3n) is 9.37. The summed E-state index contributed by atoms with van der Waals surface area (Å²) >= 11 is 1.77. The monoisotopic (exact) mass is 421 g/mol. The van der Waals surface area contributed by atoms with Gasteiger partial charge in [-0.2, -0.15) is 0 Å². The Hall–Kier alpha value is -1.65. The Labute approximate surface area is 182 Å². The smallest absolute Gasteiger partial charge is 0.127 e. The molecule has 2 N–H and O–H groups in total. The summed E-state index contributed by atoms with van der Waals surface area (Å²) in [7, 11) is 0. The van der Waals surface area contributed by atoms with Crippen LogP contribution in [-0.4, -0.2) is 21.3 Å². The quantitative estimate of drug-likeness (QED) is 0.588. The zero-order valence-corrected chi connectivity index (χ0v) is 18.7. The molecule has 2 saturated carbocycles. The SMILES string of the molecule is C[C@]12CCc3nc(-c4ccccc4O)sc3C1=CC[C@@H]1[C@@H]2CC[C@]2(C)C(O)CC[C@@H]12. The van der Waals surface area contributed by atoms with E-state index < -0.39 is 0 Å². The van der Waals surface area contributed by atoms with Gasteiger partial charge in [0.05, 0.1) is 22.2 Å². The summed E-state index contributed by atoms with van der Waals surface area (Å²) in [5, 5.41) is 22.0. The number of allylic oxidation sites excluding steroid dienone is 2. The third-order valence-corrected chi connectivity index (χ3v) is 10.5. The fraction of sp³-hybridized carbons (Fsp3) is 0.577. The maximum Gasteiger partial charge on any atom is 0.127 e. The number of rotatable bonds is 1. The van der Waals surface area contributed by atoms with Crippen LogP contribution >= 0.6 is 11.3 Å². The minimum Gasteiger partial charge on any atom is -0.507 e.